The maximum Gasteiger partial charge on any atom is 0.143 e. The number of aromatic carboxylic acids is 1. The highest BCUT2D eigenvalue weighted by molar-refractivity contribution is 9.11. The monoisotopic (exact) mass is 397 g/mol. The summed E-state index contributed by atoms with van der Waals surface area (Å²) < 4.78 is 6.83. The molecule has 0 atom stereocenters. The van der Waals surface area contributed by atoms with Crippen LogP contribution in [0.2, 0.25) is 0 Å². The van der Waals surface area contributed by atoms with E-state index in [4.69, 9.17) is 4.74 Å². The van der Waals surface area contributed by atoms with Crippen LogP contribution in [0.25, 0.3) is 0 Å². The van der Waals surface area contributed by atoms with E-state index >= 15 is 0 Å². The first-order valence-corrected chi connectivity index (χ1v) is 7.44. The number of carboxylic acid groups (broad SMARTS) is 1. The van der Waals surface area contributed by atoms with E-state index in [2.05, 4.69) is 31.9 Å². The van der Waals surface area contributed by atoms with Crippen LogP contribution in [0.15, 0.2) is 45.3 Å². The fourth-order valence-corrected chi connectivity index (χ4v) is 3.04. The molecule has 3 nitrogen and oxygen atoms in total. The molecule has 0 aromatic heterocycles. The van der Waals surface area contributed by atoms with Gasteiger partial charge in [0.1, 0.15) is 12.4 Å². The minimum atomic E-state index is -1.27. The zero-order valence-electron chi connectivity index (χ0n) is 10.7. The molecule has 2 aromatic carbocycles. The maximum atomic E-state index is 11.1. The Morgan fingerprint density at radius 3 is 2.45 bits per heavy atom. The molecule has 0 radical (unpaired) electrons. The first-order valence-electron chi connectivity index (χ1n) is 5.86. The van der Waals surface area contributed by atoms with E-state index in [1.54, 1.807) is 6.07 Å². The van der Waals surface area contributed by atoms with Gasteiger partial charge in [0.25, 0.3) is 0 Å². The zero-order valence-corrected chi connectivity index (χ0v) is 13.8. The third-order valence-electron chi connectivity index (χ3n) is 2.73. The van der Waals surface area contributed by atoms with Crippen LogP contribution in [-0.4, -0.2) is 5.97 Å². The standard InChI is InChI=1S/C15H12Br2O3/c1-9-2-4-10(5-3-9)8-20-14-12(15(18)19)6-11(16)7-13(14)17/h2-7H,8H2,1H3,(H,18,19)/p-1. The molecular formula is C15H11Br2O3-. The van der Waals surface area contributed by atoms with Gasteiger partial charge in [-0.1, -0.05) is 45.8 Å². The van der Waals surface area contributed by atoms with Gasteiger partial charge in [0, 0.05) is 10.0 Å². The highest BCUT2D eigenvalue weighted by atomic mass is 79.9. The molecule has 20 heavy (non-hydrogen) atoms. The second-order valence-corrected chi connectivity index (χ2v) is 6.10. The molecule has 0 saturated heterocycles. The highest BCUT2D eigenvalue weighted by Crippen LogP contribution is 2.33. The van der Waals surface area contributed by atoms with Crippen LogP contribution in [0, 0.1) is 6.92 Å². The van der Waals surface area contributed by atoms with Crippen molar-refractivity contribution in [3.05, 3.63) is 62.0 Å². The molecule has 0 N–H and O–H groups in total. The molecule has 5 heteroatoms. The van der Waals surface area contributed by atoms with Gasteiger partial charge in [0.2, 0.25) is 0 Å². The van der Waals surface area contributed by atoms with Crippen molar-refractivity contribution in [3.63, 3.8) is 0 Å². The second kappa shape index (κ2) is 6.41. The average Bonchev–Trinajstić information content (AvgIpc) is 2.38. The number of rotatable bonds is 4. The number of carbonyl (C=O) groups is 1. The molecule has 0 bridgehead atoms. The first kappa shape index (κ1) is 15.1. The van der Waals surface area contributed by atoms with E-state index in [0.717, 1.165) is 11.1 Å². The molecule has 0 amide bonds. The Labute approximate surface area is 133 Å². The Kier molecular flexibility index (Phi) is 4.83. The van der Waals surface area contributed by atoms with Crippen LogP contribution in [-0.2, 0) is 6.61 Å². The van der Waals surface area contributed by atoms with Gasteiger partial charge >= 0.3 is 0 Å². The Bertz CT molecular complexity index is 636. The van der Waals surface area contributed by atoms with Crippen molar-refractivity contribution in [2.75, 3.05) is 0 Å². The largest absolute Gasteiger partial charge is 0.545 e. The fraction of sp³-hybridized carbons (Fsp3) is 0.133. The summed E-state index contributed by atoms with van der Waals surface area (Å²) in [5, 5.41) is 11.1. The number of carbonyl (C=O) groups excluding carboxylic acids is 1. The van der Waals surface area contributed by atoms with E-state index in [0.29, 0.717) is 15.6 Å². The lowest BCUT2D eigenvalue weighted by molar-refractivity contribution is -0.255. The van der Waals surface area contributed by atoms with Gasteiger partial charge in [0.15, 0.2) is 0 Å². The maximum absolute atomic E-state index is 11.1. The summed E-state index contributed by atoms with van der Waals surface area (Å²) in [6, 6.07) is 11.0. The molecule has 0 saturated carbocycles. The molecule has 0 aliphatic heterocycles. The van der Waals surface area contributed by atoms with Gasteiger partial charge in [-0.2, -0.15) is 0 Å². The summed E-state index contributed by atoms with van der Waals surface area (Å²) in [4.78, 5) is 11.1. The lowest BCUT2D eigenvalue weighted by Crippen LogP contribution is -2.23. The molecule has 0 fully saturated rings. The molecule has 2 aromatic rings. The van der Waals surface area contributed by atoms with E-state index in [1.165, 1.54) is 6.07 Å². The highest BCUT2D eigenvalue weighted by Gasteiger charge is 2.11. The predicted octanol–water partition coefficient (Wildman–Crippen LogP) is 3.46. The van der Waals surface area contributed by atoms with E-state index in [9.17, 15) is 9.90 Å². The number of halogens is 2. The molecular weight excluding hydrogens is 388 g/mol. The summed E-state index contributed by atoms with van der Waals surface area (Å²) in [5.41, 5.74) is 2.14. The van der Waals surface area contributed by atoms with Gasteiger partial charge < -0.3 is 14.6 Å². The lowest BCUT2D eigenvalue weighted by atomic mass is 10.1. The van der Waals surface area contributed by atoms with Crippen molar-refractivity contribution in [1.82, 2.24) is 0 Å². The van der Waals surface area contributed by atoms with Gasteiger partial charge in [-0.25, -0.2) is 0 Å². The number of aryl methyl sites for hydroxylation is 1. The Hall–Kier alpha value is -1.33. The Morgan fingerprint density at radius 1 is 1.20 bits per heavy atom. The first-order chi connectivity index (χ1) is 9.47. The second-order valence-electron chi connectivity index (χ2n) is 4.33. The summed E-state index contributed by atoms with van der Waals surface area (Å²) in [6.07, 6.45) is 0. The lowest BCUT2D eigenvalue weighted by Gasteiger charge is -2.15. The molecule has 0 spiro atoms. The Balaban J connectivity index is 2.24. The topological polar surface area (TPSA) is 49.4 Å². The van der Waals surface area contributed by atoms with E-state index in [1.807, 2.05) is 31.2 Å². The van der Waals surface area contributed by atoms with Gasteiger partial charge in [-0.3, -0.25) is 0 Å². The molecule has 2 rings (SSSR count). The number of hydrogen-bond donors (Lipinski definition) is 0. The third kappa shape index (κ3) is 3.61. The van der Waals surface area contributed by atoms with Crippen molar-refractivity contribution < 1.29 is 14.6 Å². The Morgan fingerprint density at radius 2 is 1.85 bits per heavy atom. The zero-order chi connectivity index (χ0) is 14.7. The quantitative estimate of drug-likeness (QED) is 0.792. The average molecular weight is 399 g/mol. The van der Waals surface area contributed by atoms with Gasteiger partial charge in [-0.15, -0.1) is 0 Å². The molecule has 104 valence electrons. The summed E-state index contributed by atoms with van der Waals surface area (Å²) in [6.45, 7) is 2.30. The smallest absolute Gasteiger partial charge is 0.143 e. The molecule has 0 aliphatic carbocycles. The number of benzene rings is 2. The van der Waals surface area contributed by atoms with Crippen molar-refractivity contribution in [1.29, 1.82) is 0 Å². The van der Waals surface area contributed by atoms with Crippen molar-refractivity contribution in [2.45, 2.75) is 13.5 Å². The van der Waals surface area contributed by atoms with Gasteiger partial charge in [0.05, 0.1) is 10.4 Å². The SMILES string of the molecule is Cc1ccc(COc2c(Br)cc(Br)cc2C(=O)[O-])cc1. The van der Waals surface area contributed by atoms with Crippen LogP contribution in [0.5, 0.6) is 5.75 Å². The summed E-state index contributed by atoms with van der Waals surface area (Å²) in [5.74, 6) is -1.00. The van der Waals surface area contributed by atoms with Crippen LogP contribution in [0.3, 0.4) is 0 Å². The molecule has 0 unspecified atom stereocenters. The van der Waals surface area contributed by atoms with Crippen LogP contribution >= 0.6 is 31.9 Å². The number of hydrogen-bond acceptors (Lipinski definition) is 3. The number of ether oxygens (including phenoxy) is 1. The van der Waals surface area contributed by atoms with Gasteiger partial charge in [-0.05, 0) is 40.5 Å². The van der Waals surface area contributed by atoms with E-state index < -0.39 is 5.97 Å². The van der Waals surface area contributed by atoms with Crippen LogP contribution < -0.4 is 9.84 Å². The fourth-order valence-electron chi connectivity index (χ4n) is 1.70. The minimum absolute atomic E-state index is 0.0124. The van der Waals surface area contributed by atoms with Crippen molar-refractivity contribution in [2.24, 2.45) is 0 Å². The molecule has 0 heterocycles. The van der Waals surface area contributed by atoms with Crippen molar-refractivity contribution >= 4 is 37.8 Å². The van der Waals surface area contributed by atoms with E-state index in [-0.39, 0.29) is 11.3 Å². The summed E-state index contributed by atoms with van der Waals surface area (Å²) >= 11 is 6.55. The van der Waals surface area contributed by atoms with Crippen LogP contribution in [0.4, 0.5) is 0 Å². The predicted molar refractivity (Wildman–Crippen MR) is 81.7 cm³/mol. The van der Waals surface area contributed by atoms with Crippen molar-refractivity contribution in [3.8, 4) is 5.75 Å². The normalized spacial score (nSPS) is 10.3. The minimum Gasteiger partial charge on any atom is -0.545 e. The summed E-state index contributed by atoms with van der Waals surface area (Å²) in [7, 11) is 0. The van der Waals surface area contributed by atoms with Crippen LogP contribution in [0.1, 0.15) is 21.5 Å². The molecule has 0 aliphatic rings. The number of carboxylic acids is 1. The third-order valence-corrected chi connectivity index (χ3v) is 3.78.